The summed E-state index contributed by atoms with van der Waals surface area (Å²) in [5, 5.41) is 8.75. The molecule has 1 aromatic carbocycles. The van der Waals surface area contributed by atoms with E-state index in [-0.39, 0.29) is 72.6 Å². The normalized spacial score (nSPS) is 9.62. The number of phenols is 1. The molecule has 64 valence electrons. The molecule has 0 saturated heterocycles. The molecule has 0 spiro atoms. The van der Waals surface area contributed by atoms with Crippen molar-refractivity contribution in [2.45, 2.75) is 4.90 Å². The van der Waals surface area contributed by atoms with Crippen LogP contribution in [-0.2, 0) is 10.1 Å². The molecule has 7 heteroatoms. The molecule has 0 aliphatic rings. The molecule has 0 heterocycles. The summed E-state index contributed by atoms with van der Waals surface area (Å²) < 4.78 is 29.3. The van der Waals surface area contributed by atoms with Gasteiger partial charge in [-0.05, 0) is 24.3 Å². The van der Waals surface area contributed by atoms with Gasteiger partial charge < -0.3 is 7.96 Å². The van der Waals surface area contributed by atoms with Crippen molar-refractivity contribution in [3.05, 3.63) is 24.3 Å². The second kappa shape index (κ2) is 6.42. The van der Waals surface area contributed by atoms with Crippen molar-refractivity contribution in [1.29, 1.82) is 0 Å². The fourth-order valence-corrected chi connectivity index (χ4v) is 1.10. The van der Waals surface area contributed by atoms with Gasteiger partial charge in [0, 0.05) is 0 Å². The summed E-state index contributed by atoms with van der Waals surface area (Å²) in [7, 11) is -4.13. The summed E-state index contributed by atoms with van der Waals surface area (Å²) in [6, 6.07) is 4.60. The first-order valence-electron chi connectivity index (χ1n) is 2.77. The van der Waals surface area contributed by atoms with Crippen molar-refractivity contribution >= 4 is 10.1 Å². The first kappa shape index (κ1) is 16.4. The van der Waals surface area contributed by atoms with Crippen molar-refractivity contribution in [2.24, 2.45) is 0 Å². The number of hydrogen-bond donors (Lipinski definition) is 2. The van der Waals surface area contributed by atoms with Crippen LogP contribution in [0.1, 0.15) is 2.85 Å². The SMILES string of the molecule is O=S(=O)(O)c1ccc(O)cc1.[H-].[H-].[Na+].[Na+]. The van der Waals surface area contributed by atoms with Crippen molar-refractivity contribution in [1.82, 2.24) is 0 Å². The zero-order valence-electron chi connectivity index (χ0n) is 9.43. The average molecular weight is 222 g/mol. The van der Waals surface area contributed by atoms with Crippen LogP contribution in [0.2, 0.25) is 0 Å². The quantitative estimate of drug-likeness (QED) is 0.368. The summed E-state index contributed by atoms with van der Waals surface area (Å²) >= 11 is 0. The van der Waals surface area contributed by atoms with Gasteiger partial charge in [-0.15, -0.1) is 0 Å². The average Bonchev–Trinajstić information content (AvgIpc) is 1.86. The Labute approximate surface area is 124 Å². The topological polar surface area (TPSA) is 74.6 Å². The third-order valence-corrected chi connectivity index (χ3v) is 2.00. The van der Waals surface area contributed by atoms with Gasteiger partial charge in [0.15, 0.2) is 0 Å². The van der Waals surface area contributed by atoms with Crippen molar-refractivity contribution < 1.29 is 80.0 Å². The van der Waals surface area contributed by atoms with Gasteiger partial charge in [-0.3, -0.25) is 4.55 Å². The van der Waals surface area contributed by atoms with Crippen molar-refractivity contribution in [2.75, 3.05) is 0 Å². The van der Waals surface area contributed by atoms with Gasteiger partial charge in [-0.1, -0.05) is 0 Å². The maximum atomic E-state index is 10.4. The largest absolute Gasteiger partial charge is 1.00 e. The third kappa shape index (κ3) is 5.39. The zero-order chi connectivity index (χ0) is 8.48. The fraction of sp³-hybridized carbons (Fsp3) is 0. The standard InChI is InChI=1S/C6H6O4S.2Na.2H/c7-5-1-3-6(4-2-5)11(8,9)10;;;;/h1-4,7H,(H,8,9,10);;;;/q;2*+1;2*-1. The van der Waals surface area contributed by atoms with Crippen LogP contribution >= 0.6 is 0 Å². The number of phenolic OH excluding ortho intramolecular Hbond substituents is 1. The van der Waals surface area contributed by atoms with E-state index in [0.29, 0.717) is 0 Å². The summed E-state index contributed by atoms with van der Waals surface area (Å²) in [6.07, 6.45) is 0. The van der Waals surface area contributed by atoms with E-state index in [1.165, 1.54) is 12.1 Å². The van der Waals surface area contributed by atoms with Gasteiger partial charge in [0.1, 0.15) is 5.75 Å². The van der Waals surface area contributed by atoms with Crippen LogP contribution in [0.15, 0.2) is 29.2 Å². The smallest absolute Gasteiger partial charge is 1.00 e. The van der Waals surface area contributed by atoms with Gasteiger partial charge >= 0.3 is 59.1 Å². The van der Waals surface area contributed by atoms with Gasteiger partial charge in [-0.2, -0.15) is 8.42 Å². The second-order valence-electron chi connectivity index (χ2n) is 1.97. The first-order chi connectivity index (χ1) is 5.00. The molecule has 0 radical (unpaired) electrons. The van der Waals surface area contributed by atoms with Crippen molar-refractivity contribution in [3.8, 4) is 5.75 Å². The Morgan fingerprint density at radius 2 is 1.46 bits per heavy atom. The molecule has 1 aromatic rings. The van der Waals surface area contributed by atoms with Crippen LogP contribution < -0.4 is 59.1 Å². The minimum absolute atomic E-state index is 0. The van der Waals surface area contributed by atoms with Crippen LogP contribution in [0, 0.1) is 0 Å². The summed E-state index contributed by atoms with van der Waals surface area (Å²) in [6.45, 7) is 0. The van der Waals surface area contributed by atoms with E-state index in [9.17, 15) is 8.42 Å². The van der Waals surface area contributed by atoms with Crippen LogP contribution in [0.4, 0.5) is 0 Å². The number of hydrogen-bond acceptors (Lipinski definition) is 3. The van der Waals surface area contributed by atoms with E-state index >= 15 is 0 Å². The van der Waals surface area contributed by atoms with Gasteiger partial charge in [0.2, 0.25) is 0 Å². The maximum Gasteiger partial charge on any atom is 1.00 e. The van der Waals surface area contributed by atoms with Gasteiger partial charge in [0.05, 0.1) is 4.90 Å². The molecule has 1 rings (SSSR count). The number of aromatic hydroxyl groups is 1. The Balaban J connectivity index is -0.000000151. The molecular formula is C6H8Na2O4S. The predicted octanol–water partition coefficient (Wildman–Crippen LogP) is -5.13. The Morgan fingerprint density at radius 3 is 1.77 bits per heavy atom. The molecule has 0 atom stereocenters. The summed E-state index contributed by atoms with van der Waals surface area (Å²) in [5.74, 6) is -0.0441. The van der Waals surface area contributed by atoms with Crippen LogP contribution in [0.3, 0.4) is 0 Å². The fourth-order valence-electron chi connectivity index (χ4n) is 0.618. The Kier molecular flexibility index (Phi) is 8.08. The molecule has 0 aliphatic carbocycles. The van der Waals surface area contributed by atoms with E-state index in [1.807, 2.05) is 0 Å². The molecule has 13 heavy (non-hydrogen) atoms. The molecule has 4 nitrogen and oxygen atoms in total. The van der Waals surface area contributed by atoms with Gasteiger partial charge in [-0.25, -0.2) is 0 Å². The molecule has 2 N–H and O–H groups in total. The molecule has 0 amide bonds. The molecule has 0 saturated carbocycles. The first-order valence-corrected chi connectivity index (χ1v) is 4.21. The molecule has 0 aromatic heterocycles. The van der Waals surface area contributed by atoms with Crippen molar-refractivity contribution in [3.63, 3.8) is 0 Å². The predicted molar refractivity (Wildman–Crippen MR) is 40.1 cm³/mol. The minimum atomic E-state index is -4.13. The van der Waals surface area contributed by atoms with E-state index in [1.54, 1.807) is 0 Å². The molecular weight excluding hydrogens is 214 g/mol. The number of benzene rings is 1. The Hall–Kier alpha value is 0.930. The van der Waals surface area contributed by atoms with Crippen LogP contribution in [-0.4, -0.2) is 18.1 Å². The van der Waals surface area contributed by atoms with E-state index in [2.05, 4.69) is 0 Å². The molecule has 0 unspecified atom stereocenters. The Bertz CT molecular complexity index is 354. The maximum absolute atomic E-state index is 10.4. The molecule has 0 fully saturated rings. The number of rotatable bonds is 1. The van der Waals surface area contributed by atoms with E-state index < -0.39 is 10.1 Å². The summed E-state index contributed by atoms with van der Waals surface area (Å²) in [5.41, 5.74) is 0. The second-order valence-corrected chi connectivity index (χ2v) is 3.39. The minimum Gasteiger partial charge on any atom is -1.00 e. The van der Waals surface area contributed by atoms with Crippen LogP contribution in [0.25, 0.3) is 0 Å². The molecule has 0 aliphatic heterocycles. The van der Waals surface area contributed by atoms with E-state index in [0.717, 1.165) is 12.1 Å². The monoisotopic (exact) mass is 222 g/mol. The summed E-state index contributed by atoms with van der Waals surface area (Å²) in [4.78, 5) is -0.227. The van der Waals surface area contributed by atoms with Crippen LogP contribution in [0.5, 0.6) is 5.75 Å². The Morgan fingerprint density at radius 1 is 1.08 bits per heavy atom. The zero-order valence-corrected chi connectivity index (χ0v) is 12.2. The molecule has 0 bridgehead atoms. The van der Waals surface area contributed by atoms with Gasteiger partial charge in [0.25, 0.3) is 10.1 Å². The van der Waals surface area contributed by atoms with E-state index in [4.69, 9.17) is 9.66 Å². The third-order valence-electron chi connectivity index (χ3n) is 1.13.